The smallest absolute Gasteiger partial charge is 0.269 e. The molecule has 118 valence electrons. The number of carbonyl (C=O) groups is 1. The number of nitrogens with zero attached hydrogens (tertiary/aromatic N) is 2. The van der Waals surface area contributed by atoms with E-state index in [1.807, 2.05) is 6.07 Å². The van der Waals surface area contributed by atoms with E-state index in [4.69, 9.17) is 0 Å². The standard InChI is InChI=1S/C16H19F2N3O/c1-15(2,3)16(17,18)10-20-14(22)12-5-4-6-13(9-12)21-8-7-19-11-21/h4-9,11H,10H2,1-3H3,(H,20,22). The normalized spacial score (nSPS) is 12.2. The van der Waals surface area contributed by atoms with Gasteiger partial charge in [0.25, 0.3) is 11.8 Å². The third-order valence-corrected chi connectivity index (χ3v) is 3.48. The Bertz CT molecular complexity index is 646. The van der Waals surface area contributed by atoms with Crippen LogP contribution in [0.25, 0.3) is 5.69 Å². The second-order valence-corrected chi connectivity index (χ2v) is 6.16. The van der Waals surface area contributed by atoms with Gasteiger partial charge in [0.05, 0.1) is 12.9 Å². The molecule has 0 bridgehead atoms. The Labute approximate surface area is 128 Å². The van der Waals surface area contributed by atoms with Crippen molar-refractivity contribution in [1.82, 2.24) is 14.9 Å². The Hall–Kier alpha value is -2.24. The third-order valence-electron chi connectivity index (χ3n) is 3.48. The molecule has 2 aromatic rings. The molecule has 1 N–H and O–H groups in total. The molecule has 0 aliphatic heterocycles. The molecule has 1 heterocycles. The maximum atomic E-state index is 13.9. The van der Waals surface area contributed by atoms with Gasteiger partial charge in [0, 0.05) is 29.1 Å². The molecule has 0 aliphatic carbocycles. The van der Waals surface area contributed by atoms with Gasteiger partial charge in [-0.05, 0) is 18.2 Å². The molecule has 0 atom stereocenters. The van der Waals surface area contributed by atoms with Crippen molar-refractivity contribution in [3.8, 4) is 5.69 Å². The summed E-state index contributed by atoms with van der Waals surface area (Å²) in [6, 6.07) is 6.73. The second kappa shape index (κ2) is 5.87. The van der Waals surface area contributed by atoms with Crippen LogP contribution in [-0.4, -0.2) is 27.9 Å². The Morgan fingerprint density at radius 2 is 2.05 bits per heavy atom. The van der Waals surface area contributed by atoms with Crippen LogP contribution in [-0.2, 0) is 0 Å². The number of benzene rings is 1. The summed E-state index contributed by atoms with van der Waals surface area (Å²) >= 11 is 0. The molecule has 0 unspecified atom stereocenters. The zero-order chi connectivity index (χ0) is 16.4. The van der Waals surface area contributed by atoms with E-state index in [-0.39, 0.29) is 0 Å². The van der Waals surface area contributed by atoms with Crippen LogP contribution in [0.2, 0.25) is 0 Å². The van der Waals surface area contributed by atoms with Gasteiger partial charge in [-0.25, -0.2) is 13.8 Å². The monoisotopic (exact) mass is 307 g/mol. The molecule has 4 nitrogen and oxygen atoms in total. The van der Waals surface area contributed by atoms with Gasteiger partial charge in [-0.2, -0.15) is 0 Å². The highest BCUT2D eigenvalue weighted by Gasteiger charge is 2.43. The zero-order valence-electron chi connectivity index (χ0n) is 12.8. The van der Waals surface area contributed by atoms with Crippen LogP contribution in [0.15, 0.2) is 43.0 Å². The maximum absolute atomic E-state index is 13.9. The summed E-state index contributed by atoms with van der Waals surface area (Å²) in [7, 11) is 0. The van der Waals surface area contributed by atoms with Gasteiger partial charge in [0.15, 0.2) is 0 Å². The van der Waals surface area contributed by atoms with Crippen LogP contribution in [0.3, 0.4) is 0 Å². The van der Waals surface area contributed by atoms with E-state index in [2.05, 4.69) is 10.3 Å². The Morgan fingerprint density at radius 3 is 2.64 bits per heavy atom. The van der Waals surface area contributed by atoms with E-state index in [1.54, 1.807) is 41.5 Å². The summed E-state index contributed by atoms with van der Waals surface area (Å²) in [5.74, 6) is -3.50. The molecular weight excluding hydrogens is 288 g/mol. The number of halogens is 2. The third kappa shape index (κ3) is 3.50. The zero-order valence-corrected chi connectivity index (χ0v) is 12.8. The van der Waals surface area contributed by atoms with Crippen molar-refractivity contribution < 1.29 is 13.6 Å². The van der Waals surface area contributed by atoms with Crippen molar-refractivity contribution in [2.24, 2.45) is 5.41 Å². The molecule has 0 saturated carbocycles. The minimum absolute atomic E-state index is 0.330. The SMILES string of the molecule is CC(C)(C)C(F)(F)CNC(=O)c1cccc(-n2ccnc2)c1. The average Bonchev–Trinajstić information content (AvgIpc) is 2.98. The van der Waals surface area contributed by atoms with Crippen LogP contribution in [0.5, 0.6) is 0 Å². The van der Waals surface area contributed by atoms with Crippen molar-refractivity contribution >= 4 is 5.91 Å². The van der Waals surface area contributed by atoms with Gasteiger partial charge >= 0.3 is 0 Å². The van der Waals surface area contributed by atoms with E-state index in [0.717, 1.165) is 5.69 Å². The van der Waals surface area contributed by atoms with Crippen LogP contribution >= 0.6 is 0 Å². The quantitative estimate of drug-likeness (QED) is 0.942. The van der Waals surface area contributed by atoms with E-state index in [1.165, 1.54) is 20.8 Å². The largest absolute Gasteiger partial charge is 0.346 e. The average molecular weight is 307 g/mol. The van der Waals surface area contributed by atoms with Crippen LogP contribution in [0, 0.1) is 5.41 Å². The fraction of sp³-hybridized carbons (Fsp3) is 0.375. The van der Waals surface area contributed by atoms with E-state index in [9.17, 15) is 13.6 Å². The van der Waals surface area contributed by atoms with Gasteiger partial charge < -0.3 is 9.88 Å². The van der Waals surface area contributed by atoms with Crippen molar-refractivity contribution in [1.29, 1.82) is 0 Å². The lowest BCUT2D eigenvalue weighted by molar-refractivity contribution is -0.0916. The second-order valence-electron chi connectivity index (χ2n) is 6.16. The first-order valence-electron chi connectivity index (χ1n) is 6.95. The summed E-state index contributed by atoms with van der Waals surface area (Å²) < 4.78 is 29.5. The first kappa shape index (κ1) is 16.1. The number of nitrogens with one attached hydrogen (secondary N) is 1. The molecule has 2 rings (SSSR count). The lowest BCUT2D eigenvalue weighted by Gasteiger charge is -2.30. The molecular formula is C16H19F2N3O. The van der Waals surface area contributed by atoms with Crippen molar-refractivity contribution in [3.63, 3.8) is 0 Å². The lowest BCUT2D eigenvalue weighted by atomic mass is 9.88. The molecule has 0 fully saturated rings. The number of rotatable bonds is 4. The van der Waals surface area contributed by atoms with Gasteiger partial charge in [-0.3, -0.25) is 4.79 Å². The molecule has 0 radical (unpaired) electrons. The van der Waals surface area contributed by atoms with Crippen LogP contribution in [0.1, 0.15) is 31.1 Å². The van der Waals surface area contributed by atoms with Crippen molar-refractivity contribution in [2.45, 2.75) is 26.7 Å². The summed E-state index contributed by atoms with van der Waals surface area (Å²) in [6.45, 7) is 3.64. The summed E-state index contributed by atoms with van der Waals surface area (Å²) in [6.07, 6.45) is 4.96. The Kier molecular flexibility index (Phi) is 4.30. The van der Waals surface area contributed by atoms with Gasteiger partial charge in [-0.1, -0.05) is 26.8 Å². The predicted molar refractivity (Wildman–Crippen MR) is 80.3 cm³/mol. The van der Waals surface area contributed by atoms with E-state index >= 15 is 0 Å². The summed E-state index contributed by atoms with van der Waals surface area (Å²) in [4.78, 5) is 16.0. The molecule has 0 aliphatic rings. The fourth-order valence-corrected chi connectivity index (χ4v) is 1.78. The van der Waals surface area contributed by atoms with Gasteiger partial charge in [0.2, 0.25) is 0 Å². The highest BCUT2D eigenvalue weighted by Crippen LogP contribution is 2.34. The Balaban J connectivity index is 2.09. The minimum Gasteiger partial charge on any atom is -0.346 e. The number of alkyl halides is 2. The van der Waals surface area contributed by atoms with Gasteiger partial charge in [-0.15, -0.1) is 0 Å². The highest BCUT2D eigenvalue weighted by atomic mass is 19.3. The molecule has 1 aromatic carbocycles. The maximum Gasteiger partial charge on any atom is 0.269 e. The number of aromatic nitrogens is 2. The van der Waals surface area contributed by atoms with Gasteiger partial charge in [0.1, 0.15) is 0 Å². The molecule has 1 aromatic heterocycles. The molecule has 6 heteroatoms. The van der Waals surface area contributed by atoms with Crippen molar-refractivity contribution in [3.05, 3.63) is 48.5 Å². The molecule has 22 heavy (non-hydrogen) atoms. The number of amides is 1. The van der Waals surface area contributed by atoms with E-state index < -0.39 is 23.8 Å². The molecule has 1 amide bonds. The lowest BCUT2D eigenvalue weighted by Crippen LogP contribution is -2.45. The van der Waals surface area contributed by atoms with Crippen molar-refractivity contribution in [2.75, 3.05) is 6.54 Å². The van der Waals surface area contributed by atoms with E-state index in [0.29, 0.717) is 5.56 Å². The Morgan fingerprint density at radius 1 is 1.32 bits per heavy atom. The topological polar surface area (TPSA) is 46.9 Å². The van der Waals surface area contributed by atoms with Crippen LogP contribution < -0.4 is 5.32 Å². The number of hydrogen-bond acceptors (Lipinski definition) is 2. The highest BCUT2D eigenvalue weighted by molar-refractivity contribution is 5.94. The summed E-state index contributed by atoms with van der Waals surface area (Å²) in [5, 5.41) is 2.30. The predicted octanol–water partition coefficient (Wildman–Crippen LogP) is 3.28. The number of carbonyl (C=O) groups excluding carboxylic acids is 1. The fourth-order valence-electron chi connectivity index (χ4n) is 1.78. The summed E-state index contributed by atoms with van der Waals surface area (Å²) in [5.41, 5.74) is -0.137. The minimum atomic E-state index is -2.98. The molecule has 0 saturated heterocycles. The van der Waals surface area contributed by atoms with Crippen LogP contribution in [0.4, 0.5) is 8.78 Å². The number of hydrogen-bond donors (Lipinski definition) is 1. The molecule has 0 spiro atoms. The first-order valence-corrected chi connectivity index (χ1v) is 6.95. The number of imidazole rings is 1. The first-order chi connectivity index (χ1) is 10.2.